The number of carbonyl (C=O) groups is 1. The van der Waals surface area contributed by atoms with Crippen LogP contribution in [0.2, 0.25) is 0 Å². The van der Waals surface area contributed by atoms with E-state index in [1.807, 2.05) is 11.9 Å². The molecule has 3 aliphatic rings. The van der Waals surface area contributed by atoms with Crippen LogP contribution in [0.1, 0.15) is 68.6 Å². The SMILES string of the molecule is CNc1nc(C2CCCN2C2CCCC2)nc2c1CCN(C(C)=O)C2. The fraction of sp³-hybridized carbons (Fsp3) is 0.737. The number of aromatic nitrogens is 2. The minimum absolute atomic E-state index is 0.130. The molecule has 1 aromatic rings. The lowest BCUT2D eigenvalue weighted by Crippen LogP contribution is -2.37. The molecule has 1 amide bonds. The smallest absolute Gasteiger partial charge is 0.219 e. The van der Waals surface area contributed by atoms with Crippen molar-refractivity contribution in [1.29, 1.82) is 0 Å². The van der Waals surface area contributed by atoms with Gasteiger partial charge in [0.2, 0.25) is 5.91 Å². The first-order valence-electron chi connectivity index (χ1n) is 9.76. The Labute approximate surface area is 150 Å². The third-order valence-electron chi connectivity index (χ3n) is 6.15. The van der Waals surface area contributed by atoms with Crippen molar-refractivity contribution in [1.82, 2.24) is 19.8 Å². The Kier molecular flexibility index (Phi) is 4.63. The fourth-order valence-corrected chi connectivity index (χ4v) is 4.81. The van der Waals surface area contributed by atoms with E-state index in [0.717, 1.165) is 36.7 Å². The van der Waals surface area contributed by atoms with Crippen LogP contribution in [-0.2, 0) is 17.8 Å². The molecule has 1 N–H and O–H groups in total. The molecule has 0 radical (unpaired) electrons. The number of fused-ring (bicyclic) bond motifs is 1. The highest BCUT2D eigenvalue weighted by Crippen LogP contribution is 2.38. The molecule has 1 aromatic heterocycles. The molecule has 0 spiro atoms. The van der Waals surface area contributed by atoms with E-state index in [0.29, 0.717) is 18.6 Å². The first-order valence-corrected chi connectivity index (χ1v) is 9.76. The zero-order chi connectivity index (χ0) is 17.4. The normalized spacial score (nSPS) is 24.6. The van der Waals surface area contributed by atoms with Gasteiger partial charge in [0.1, 0.15) is 11.6 Å². The van der Waals surface area contributed by atoms with Crippen LogP contribution in [-0.4, -0.2) is 51.9 Å². The van der Waals surface area contributed by atoms with Crippen LogP contribution < -0.4 is 5.32 Å². The molecule has 0 bridgehead atoms. The largest absolute Gasteiger partial charge is 0.373 e. The van der Waals surface area contributed by atoms with Gasteiger partial charge in [-0.25, -0.2) is 9.97 Å². The molecule has 0 aromatic carbocycles. The van der Waals surface area contributed by atoms with E-state index in [1.54, 1.807) is 6.92 Å². The number of anilines is 1. The number of nitrogens with zero attached hydrogens (tertiary/aromatic N) is 4. The van der Waals surface area contributed by atoms with Gasteiger partial charge in [-0.05, 0) is 38.6 Å². The maximum atomic E-state index is 11.8. The molecule has 3 heterocycles. The predicted octanol–water partition coefficient (Wildman–Crippen LogP) is 2.50. The lowest BCUT2D eigenvalue weighted by molar-refractivity contribution is -0.129. The van der Waals surface area contributed by atoms with E-state index in [1.165, 1.54) is 44.2 Å². The number of carbonyl (C=O) groups excluding carboxylic acids is 1. The summed E-state index contributed by atoms with van der Waals surface area (Å²) >= 11 is 0. The van der Waals surface area contributed by atoms with Crippen molar-refractivity contribution in [3.8, 4) is 0 Å². The van der Waals surface area contributed by atoms with Crippen molar-refractivity contribution >= 4 is 11.7 Å². The van der Waals surface area contributed by atoms with Crippen molar-refractivity contribution in [2.75, 3.05) is 25.5 Å². The van der Waals surface area contributed by atoms with Gasteiger partial charge in [0.25, 0.3) is 0 Å². The standard InChI is InChI=1S/C19H29N5O/c1-13(25)23-11-9-15-16(12-23)21-19(22-18(15)20-2)17-8-5-10-24(17)14-6-3-4-7-14/h14,17H,3-12H2,1-2H3,(H,20,21,22). The lowest BCUT2D eigenvalue weighted by Gasteiger charge is -2.32. The van der Waals surface area contributed by atoms with E-state index >= 15 is 0 Å². The van der Waals surface area contributed by atoms with Crippen LogP contribution in [0, 0.1) is 0 Å². The average molecular weight is 343 g/mol. The quantitative estimate of drug-likeness (QED) is 0.914. The van der Waals surface area contributed by atoms with E-state index < -0.39 is 0 Å². The number of likely N-dealkylation sites (tertiary alicyclic amines) is 1. The Hall–Kier alpha value is -1.69. The molecule has 6 heteroatoms. The minimum Gasteiger partial charge on any atom is -0.373 e. The second kappa shape index (κ2) is 6.90. The molecule has 136 valence electrons. The van der Waals surface area contributed by atoms with Gasteiger partial charge in [0.15, 0.2) is 0 Å². The third kappa shape index (κ3) is 3.12. The first-order chi connectivity index (χ1) is 12.2. The fourth-order valence-electron chi connectivity index (χ4n) is 4.81. The summed E-state index contributed by atoms with van der Waals surface area (Å²) in [5.74, 6) is 2.05. The average Bonchev–Trinajstić information content (AvgIpc) is 3.30. The van der Waals surface area contributed by atoms with Crippen LogP contribution >= 0.6 is 0 Å². The Morgan fingerprint density at radius 3 is 2.64 bits per heavy atom. The highest BCUT2D eigenvalue weighted by molar-refractivity contribution is 5.73. The summed E-state index contributed by atoms with van der Waals surface area (Å²) in [4.78, 5) is 26.2. The molecule has 25 heavy (non-hydrogen) atoms. The van der Waals surface area contributed by atoms with Crippen molar-refractivity contribution in [3.05, 3.63) is 17.1 Å². The summed E-state index contributed by atoms with van der Waals surface area (Å²) in [6.45, 7) is 4.19. The van der Waals surface area contributed by atoms with Gasteiger partial charge in [-0.15, -0.1) is 0 Å². The zero-order valence-electron chi connectivity index (χ0n) is 15.4. The summed E-state index contributed by atoms with van der Waals surface area (Å²) in [6, 6.07) is 1.05. The molecule has 1 unspecified atom stereocenters. The maximum absolute atomic E-state index is 11.8. The van der Waals surface area contributed by atoms with Gasteiger partial charge in [-0.2, -0.15) is 0 Å². The maximum Gasteiger partial charge on any atom is 0.219 e. The molecular formula is C19H29N5O. The number of hydrogen-bond donors (Lipinski definition) is 1. The van der Waals surface area contributed by atoms with Crippen molar-refractivity contribution in [3.63, 3.8) is 0 Å². The van der Waals surface area contributed by atoms with Gasteiger partial charge in [0.05, 0.1) is 18.3 Å². The first kappa shape index (κ1) is 16.8. The summed E-state index contributed by atoms with van der Waals surface area (Å²) in [5.41, 5.74) is 2.23. The van der Waals surface area contributed by atoms with Gasteiger partial charge < -0.3 is 10.2 Å². The van der Waals surface area contributed by atoms with Gasteiger partial charge in [0, 0.05) is 32.1 Å². The molecule has 1 aliphatic carbocycles. The van der Waals surface area contributed by atoms with E-state index in [4.69, 9.17) is 9.97 Å². The molecule has 2 aliphatic heterocycles. The summed E-state index contributed by atoms with van der Waals surface area (Å²) in [7, 11) is 1.94. The van der Waals surface area contributed by atoms with Gasteiger partial charge in [-0.1, -0.05) is 12.8 Å². The molecular weight excluding hydrogens is 314 g/mol. The molecule has 1 saturated carbocycles. The van der Waals surface area contributed by atoms with Crippen LogP contribution in [0.3, 0.4) is 0 Å². The van der Waals surface area contributed by atoms with Crippen molar-refractivity contribution < 1.29 is 4.79 Å². The Bertz CT molecular complexity index is 655. The highest BCUT2D eigenvalue weighted by atomic mass is 16.2. The Morgan fingerprint density at radius 2 is 1.92 bits per heavy atom. The van der Waals surface area contributed by atoms with Crippen LogP contribution in [0.15, 0.2) is 0 Å². The van der Waals surface area contributed by atoms with Crippen LogP contribution in [0.4, 0.5) is 5.82 Å². The Morgan fingerprint density at radius 1 is 1.12 bits per heavy atom. The lowest BCUT2D eigenvalue weighted by atomic mass is 10.0. The van der Waals surface area contributed by atoms with Crippen LogP contribution in [0.5, 0.6) is 0 Å². The number of rotatable bonds is 3. The number of amides is 1. The highest BCUT2D eigenvalue weighted by Gasteiger charge is 2.36. The molecule has 6 nitrogen and oxygen atoms in total. The minimum atomic E-state index is 0.130. The third-order valence-corrected chi connectivity index (χ3v) is 6.15. The molecule has 4 rings (SSSR count). The van der Waals surface area contributed by atoms with E-state index in [9.17, 15) is 4.79 Å². The van der Waals surface area contributed by atoms with Gasteiger partial charge >= 0.3 is 0 Å². The number of nitrogens with one attached hydrogen (secondary N) is 1. The molecule has 1 saturated heterocycles. The summed E-state index contributed by atoms with van der Waals surface area (Å²) in [5, 5.41) is 3.27. The molecule has 1 atom stereocenters. The summed E-state index contributed by atoms with van der Waals surface area (Å²) in [6.07, 6.45) is 8.56. The second-order valence-corrected chi connectivity index (χ2v) is 7.63. The van der Waals surface area contributed by atoms with Crippen molar-refractivity contribution in [2.24, 2.45) is 0 Å². The zero-order valence-corrected chi connectivity index (χ0v) is 15.4. The molecule has 2 fully saturated rings. The van der Waals surface area contributed by atoms with Crippen LogP contribution in [0.25, 0.3) is 0 Å². The Balaban J connectivity index is 1.65. The predicted molar refractivity (Wildman–Crippen MR) is 97.3 cm³/mol. The van der Waals surface area contributed by atoms with E-state index in [2.05, 4.69) is 10.2 Å². The summed E-state index contributed by atoms with van der Waals surface area (Å²) < 4.78 is 0. The van der Waals surface area contributed by atoms with Gasteiger partial charge in [-0.3, -0.25) is 9.69 Å². The topological polar surface area (TPSA) is 61.4 Å². The number of hydrogen-bond acceptors (Lipinski definition) is 5. The van der Waals surface area contributed by atoms with E-state index in [-0.39, 0.29) is 5.91 Å². The second-order valence-electron chi connectivity index (χ2n) is 7.63. The monoisotopic (exact) mass is 343 g/mol. The van der Waals surface area contributed by atoms with Crippen molar-refractivity contribution in [2.45, 2.75) is 70.5 Å².